The van der Waals surface area contributed by atoms with Gasteiger partial charge in [-0.1, -0.05) is 0 Å². The highest BCUT2D eigenvalue weighted by Gasteiger charge is 2.12. The molecule has 0 spiro atoms. The monoisotopic (exact) mass is 367 g/mol. The molecular formula is C20H22FN5O. The molecule has 6 nitrogen and oxygen atoms in total. The molecule has 1 aliphatic rings. The fourth-order valence-electron chi connectivity index (χ4n) is 3.54. The Morgan fingerprint density at radius 1 is 1.37 bits per heavy atom. The molecule has 0 atom stereocenters. The van der Waals surface area contributed by atoms with Gasteiger partial charge >= 0.3 is 6.03 Å². The Morgan fingerprint density at radius 3 is 3.15 bits per heavy atom. The number of rotatable bonds is 4. The quantitative estimate of drug-likeness (QED) is 0.664. The Morgan fingerprint density at radius 2 is 2.26 bits per heavy atom. The van der Waals surface area contributed by atoms with E-state index in [1.807, 2.05) is 23.9 Å². The van der Waals surface area contributed by atoms with Crippen LogP contribution in [-0.2, 0) is 26.4 Å². The molecule has 2 amide bonds. The summed E-state index contributed by atoms with van der Waals surface area (Å²) in [6.07, 6.45) is 5.26. The molecule has 3 heterocycles. The van der Waals surface area contributed by atoms with Gasteiger partial charge in [-0.05, 0) is 41.8 Å². The summed E-state index contributed by atoms with van der Waals surface area (Å²) in [6, 6.07) is 6.48. The van der Waals surface area contributed by atoms with Crippen LogP contribution in [0.5, 0.6) is 0 Å². The van der Waals surface area contributed by atoms with E-state index >= 15 is 0 Å². The predicted octanol–water partition coefficient (Wildman–Crippen LogP) is 2.72. The van der Waals surface area contributed by atoms with Crippen molar-refractivity contribution < 1.29 is 9.18 Å². The molecule has 1 aromatic carbocycles. The van der Waals surface area contributed by atoms with Gasteiger partial charge in [0.2, 0.25) is 0 Å². The number of halogens is 1. The van der Waals surface area contributed by atoms with Gasteiger partial charge in [0.25, 0.3) is 0 Å². The summed E-state index contributed by atoms with van der Waals surface area (Å²) in [5.74, 6) is -0.249. The Labute approximate surface area is 156 Å². The van der Waals surface area contributed by atoms with Gasteiger partial charge in [-0.15, -0.1) is 0 Å². The summed E-state index contributed by atoms with van der Waals surface area (Å²) in [6.45, 7) is 2.21. The number of aromatic nitrogens is 2. The van der Waals surface area contributed by atoms with E-state index in [1.54, 1.807) is 12.3 Å². The molecule has 0 bridgehead atoms. The minimum Gasteiger partial charge on any atom is -0.350 e. The molecule has 0 unspecified atom stereocenters. The normalized spacial score (nSPS) is 13.4. The lowest BCUT2D eigenvalue weighted by atomic mass is 10.1. The van der Waals surface area contributed by atoms with E-state index in [0.29, 0.717) is 18.7 Å². The zero-order valence-electron chi connectivity index (χ0n) is 15.2. The number of carbonyl (C=O) groups is 1. The fraction of sp³-hybridized carbons (Fsp3) is 0.300. The maximum atomic E-state index is 13.4. The number of fused-ring (bicyclic) bond motifs is 2. The van der Waals surface area contributed by atoms with Crippen molar-refractivity contribution in [2.24, 2.45) is 7.05 Å². The first-order valence-electron chi connectivity index (χ1n) is 9.07. The molecule has 0 fully saturated rings. The van der Waals surface area contributed by atoms with Gasteiger partial charge in [0.05, 0.1) is 17.4 Å². The molecule has 27 heavy (non-hydrogen) atoms. The van der Waals surface area contributed by atoms with Crippen LogP contribution in [0.2, 0.25) is 0 Å². The van der Waals surface area contributed by atoms with Crippen LogP contribution in [-0.4, -0.2) is 28.7 Å². The number of nitrogens with zero attached hydrogens (tertiary/aromatic N) is 2. The SMILES string of the molecule is Cn1cc(CCNC(=O)Nc2cnc3c(c2)CNCC3)c2ccc(F)cc21. The summed E-state index contributed by atoms with van der Waals surface area (Å²) < 4.78 is 15.3. The van der Waals surface area contributed by atoms with Crippen molar-refractivity contribution in [2.75, 3.05) is 18.4 Å². The van der Waals surface area contributed by atoms with E-state index in [9.17, 15) is 9.18 Å². The van der Waals surface area contributed by atoms with Gasteiger partial charge in [0, 0.05) is 50.4 Å². The number of nitrogens with one attached hydrogen (secondary N) is 3. The minimum absolute atomic E-state index is 0.249. The van der Waals surface area contributed by atoms with Crippen LogP contribution < -0.4 is 16.0 Å². The van der Waals surface area contributed by atoms with Crippen LogP contribution in [0.15, 0.2) is 36.7 Å². The Kier molecular flexibility index (Phi) is 4.77. The second kappa shape index (κ2) is 7.36. The summed E-state index contributed by atoms with van der Waals surface area (Å²) in [7, 11) is 1.89. The number of benzene rings is 1. The standard InChI is InChI=1S/C20H22FN5O/c1-26-12-13(17-3-2-15(21)9-19(17)26)4-7-23-20(27)25-16-8-14-10-22-6-5-18(14)24-11-16/h2-3,8-9,11-12,22H,4-7,10H2,1H3,(H2,23,25,27). The first-order chi connectivity index (χ1) is 13.1. The van der Waals surface area contributed by atoms with Crippen LogP contribution in [0.4, 0.5) is 14.9 Å². The smallest absolute Gasteiger partial charge is 0.319 e. The second-order valence-electron chi connectivity index (χ2n) is 6.81. The Bertz CT molecular complexity index is 997. The molecule has 0 saturated heterocycles. The lowest BCUT2D eigenvalue weighted by molar-refractivity contribution is 0.252. The van der Waals surface area contributed by atoms with Gasteiger partial charge in [-0.2, -0.15) is 0 Å². The summed E-state index contributed by atoms with van der Waals surface area (Å²) >= 11 is 0. The van der Waals surface area contributed by atoms with Crippen molar-refractivity contribution in [3.8, 4) is 0 Å². The number of urea groups is 1. The largest absolute Gasteiger partial charge is 0.350 e. The Hall–Kier alpha value is -2.93. The minimum atomic E-state index is -0.258. The maximum Gasteiger partial charge on any atom is 0.319 e. The van der Waals surface area contributed by atoms with Gasteiger partial charge in [-0.25, -0.2) is 9.18 Å². The highest BCUT2D eigenvalue weighted by molar-refractivity contribution is 5.89. The average molecular weight is 367 g/mol. The summed E-state index contributed by atoms with van der Waals surface area (Å²) in [4.78, 5) is 16.6. The predicted molar refractivity (Wildman–Crippen MR) is 103 cm³/mol. The molecule has 0 saturated carbocycles. The van der Waals surface area contributed by atoms with Crippen molar-refractivity contribution in [1.82, 2.24) is 20.2 Å². The lowest BCUT2D eigenvalue weighted by Crippen LogP contribution is -2.31. The summed E-state index contributed by atoms with van der Waals surface area (Å²) in [5.41, 5.74) is 4.84. The fourth-order valence-corrected chi connectivity index (χ4v) is 3.54. The van der Waals surface area contributed by atoms with E-state index in [1.165, 1.54) is 12.1 Å². The third-order valence-corrected chi connectivity index (χ3v) is 4.89. The van der Waals surface area contributed by atoms with Crippen LogP contribution in [0.1, 0.15) is 16.8 Å². The molecular weight excluding hydrogens is 345 g/mol. The molecule has 2 aromatic heterocycles. The van der Waals surface area contributed by atoms with Crippen LogP contribution in [0.25, 0.3) is 10.9 Å². The highest BCUT2D eigenvalue weighted by atomic mass is 19.1. The van der Waals surface area contributed by atoms with Crippen LogP contribution in [0, 0.1) is 5.82 Å². The first kappa shape index (κ1) is 17.5. The second-order valence-corrected chi connectivity index (χ2v) is 6.81. The number of carbonyl (C=O) groups excluding carboxylic acids is 1. The number of hydrogen-bond donors (Lipinski definition) is 3. The van der Waals surface area contributed by atoms with Gasteiger partial charge < -0.3 is 20.5 Å². The van der Waals surface area contributed by atoms with Crippen molar-refractivity contribution in [2.45, 2.75) is 19.4 Å². The number of hydrogen-bond acceptors (Lipinski definition) is 3. The number of pyridine rings is 1. The number of anilines is 1. The Balaban J connectivity index is 1.35. The molecule has 0 aliphatic carbocycles. The molecule has 4 rings (SSSR count). The van der Waals surface area contributed by atoms with Crippen molar-refractivity contribution in [3.63, 3.8) is 0 Å². The molecule has 0 radical (unpaired) electrons. The zero-order chi connectivity index (χ0) is 18.8. The van der Waals surface area contributed by atoms with E-state index in [0.717, 1.165) is 47.2 Å². The average Bonchev–Trinajstić information content (AvgIpc) is 2.97. The van der Waals surface area contributed by atoms with E-state index in [2.05, 4.69) is 20.9 Å². The maximum absolute atomic E-state index is 13.4. The molecule has 140 valence electrons. The molecule has 7 heteroatoms. The van der Waals surface area contributed by atoms with Gasteiger partial charge in [0.15, 0.2) is 0 Å². The zero-order valence-corrected chi connectivity index (χ0v) is 15.2. The summed E-state index contributed by atoms with van der Waals surface area (Å²) in [5, 5.41) is 10.0. The van der Waals surface area contributed by atoms with Gasteiger partial charge in [-0.3, -0.25) is 4.98 Å². The van der Waals surface area contributed by atoms with Crippen LogP contribution >= 0.6 is 0 Å². The van der Waals surface area contributed by atoms with E-state index in [4.69, 9.17) is 0 Å². The third-order valence-electron chi connectivity index (χ3n) is 4.89. The van der Waals surface area contributed by atoms with E-state index < -0.39 is 0 Å². The first-order valence-corrected chi connectivity index (χ1v) is 9.07. The van der Waals surface area contributed by atoms with Gasteiger partial charge in [0.1, 0.15) is 5.82 Å². The van der Waals surface area contributed by atoms with Crippen molar-refractivity contribution >= 4 is 22.6 Å². The molecule has 3 N–H and O–H groups in total. The highest BCUT2D eigenvalue weighted by Crippen LogP contribution is 2.22. The third kappa shape index (κ3) is 3.78. The van der Waals surface area contributed by atoms with E-state index in [-0.39, 0.29) is 11.8 Å². The topological polar surface area (TPSA) is 71.0 Å². The van der Waals surface area contributed by atoms with Crippen molar-refractivity contribution in [1.29, 1.82) is 0 Å². The van der Waals surface area contributed by atoms with Crippen LogP contribution in [0.3, 0.4) is 0 Å². The lowest BCUT2D eigenvalue weighted by Gasteiger charge is -2.17. The number of amides is 2. The molecule has 3 aromatic rings. The van der Waals surface area contributed by atoms with Crippen molar-refractivity contribution in [3.05, 3.63) is 59.3 Å². The number of aryl methyl sites for hydroxylation is 1. The molecule has 1 aliphatic heterocycles.